The summed E-state index contributed by atoms with van der Waals surface area (Å²) < 4.78 is 0. The molecule has 2 saturated carbocycles. The fraction of sp³-hybridized carbons (Fsp3) is 0.652. The summed E-state index contributed by atoms with van der Waals surface area (Å²) in [6, 6.07) is 9.27. The van der Waals surface area contributed by atoms with Gasteiger partial charge in [0.2, 0.25) is 0 Å². The van der Waals surface area contributed by atoms with Crippen molar-refractivity contribution >= 4 is 0 Å². The summed E-state index contributed by atoms with van der Waals surface area (Å²) in [6.45, 7) is 10.2. The molecule has 0 saturated heterocycles. The third kappa shape index (κ3) is 4.96. The van der Waals surface area contributed by atoms with E-state index in [0.29, 0.717) is 0 Å². The first-order valence-electron chi connectivity index (χ1n) is 9.95. The predicted octanol–water partition coefficient (Wildman–Crippen LogP) is 7.29. The van der Waals surface area contributed by atoms with Gasteiger partial charge in [0.05, 0.1) is 0 Å². The minimum atomic E-state index is 0.810. The molecular weight excluding hydrogens is 276 g/mol. The Balaban J connectivity index is 0.000000924. The van der Waals surface area contributed by atoms with Gasteiger partial charge >= 0.3 is 0 Å². The number of allylic oxidation sites excluding steroid dienone is 1. The van der Waals surface area contributed by atoms with Crippen LogP contribution in [0.1, 0.15) is 82.3 Å². The van der Waals surface area contributed by atoms with Gasteiger partial charge in [-0.1, -0.05) is 49.8 Å². The lowest BCUT2D eigenvalue weighted by atomic mass is 9.68. The molecule has 0 unspecified atom stereocenters. The van der Waals surface area contributed by atoms with Crippen molar-refractivity contribution in [3.8, 4) is 0 Å². The summed E-state index contributed by atoms with van der Waals surface area (Å²) in [7, 11) is 0. The zero-order valence-electron chi connectivity index (χ0n) is 15.6. The molecule has 0 aromatic heterocycles. The number of aryl methyl sites for hydroxylation is 1. The van der Waals surface area contributed by atoms with Crippen LogP contribution in [0.2, 0.25) is 0 Å². The van der Waals surface area contributed by atoms with E-state index in [2.05, 4.69) is 43.8 Å². The van der Waals surface area contributed by atoms with Crippen LogP contribution >= 0.6 is 0 Å². The maximum atomic E-state index is 3.97. The molecule has 23 heavy (non-hydrogen) atoms. The van der Waals surface area contributed by atoms with E-state index in [1.54, 1.807) is 5.56 Å². The van der Waals surface area contributed by atoms with Gasteiger partial charge in [0.25, 0.3) is 0 Å². The molecule has 0 heterocycles. The third-order valence-corrected chi connectivity index (χ3v) is 6.14. The highest BCUT2D eigenvalue weighted by molar-refractivity contribution is 5.24. The lowest BCUT2D eigenvalue weighted by molar-refractivity contribution is 0.171. The second kappa shape index (κ2) is 9.30. The van der Waals surface area contributed by atoms with Gasteiger partial charge in [0.15, 0.2) is 0 Å². The molecule has 0 aliphatic heterocycles. The van der Waals surface area contributed by atoms with Gasteiger partial charge < -0.3 is 0 Å². The van der Waals surface area contributed by atoms with Crippen molar-refractivity contribution in [2.45, 2.75) is 78.1 Å². The van der Waals surface area contributed by atoms with Crippen LogP contribution in [0.5, 0.6) is 0 Å². The van der Waals surface area contributed by atoms with Crippen LogP contribution in [0.15, 0.2) is 36.9 Å². The van der Waals surface area contributed by atoms with Crippen molar-refractivity contribution in [1.29, 1.82) is 0 Å². The second-order valence-corrected chi connectivity index (χ2v) is 7.43. The van der Waals surface area contributed by atoms with Gasteiger partial charge in [-0.3, -0.25) is 0 Å². The van der Waals surface area contributed by atoms with Crippen molar-refractivity contribution in [3.05, 3.63) is 48.0 Å². The quantitative estimate of drug-likeness (QED) is 0.514. The van der Waals surface area contributed by atoms with Gasteiger partial charge in [0, 0.05) is 0 Å². The highest BCUT2D eigenvalue weighted by atomic mass is 14.4. The molecule has 3 rings (SSSR count). The Bertz CT molecular complexity index is 439. The van der Waals surface area contributed by atoms with Crippen LogP contribution in [0.25, 0.3) is 0 Å². The maximum Gasteiger partial charge on any atom is -0.0162 e. The normalized spacial score (nSPS) is 30.9. The van der Waals surface area contributed by atoms with Crippen LogP contribution in [-0.2, 0) is 0 Å². The van der Waals surface area contributed by atoms with Crippen molar-refractivity contribution in [2.24, 2.45) is 17.8 Å². The first kappa shape index (κ1) is 18.3. The topological polar surface area (TPSA) is 0 Å². The highest BCUT2D eigenvalue weighted by Crippen LogP contribution is 2.43. The molecule has 0 nitrogen and oxygen atoms in total. The zero-order valence-corrected chi connectivity index (χ0v) is 15.6. The van der Waals surface area contributed by atoms with Gasteiger partial charge in [0.1, 0.15) is 0 Å². The Kier molecular flexibility index (Phi) is 7.40. The van der Waals surface area contributed by atoms with Crippen molar-refractivity contribution < 1.29 is 0 Å². The average Bonchev–Trinajstić information content (AvgIpc) is 2.64. The molecule has 1 aromatic rings. The number of hydrogen-bond donors (Lipinski definition) is 0. The number of hydrogen-bond acceptors (Lipinski definition) is 0. The largest absolute Gasteiger partial charge is 0.103 e. The highest BCUT2D eigenvalue weighted by Gasteiger charge is 2.30. The molecule has 2 aliphatic rings. The van der Waals surface area contributed by atoms with Crippen molar-refractivity contribution in [2.75, 3.05) is 0 Å². The Morgan fingerprint density at radius 3 is 1.74 bits per heavy atom. The van der Waals surface area contributed by atoms with Crippen LogP contribution in [0.3, 0.4) is 0 Å². The van der Waals surface area contributed by atoms with Crippen molar-refractivity contribution in [3.63, 3.8) is 0 Å². The molecule has 0 heteroatoms. The van der Waals surface area contributed by atoms with E-state index in [4.69, 9.17) is 0 Å². The predicted molar refractivity (Wildman–Crippen MR) is 103 cm³/mol. The summed E-state index contributed by atoms with van der Waals surface area (Å²) in [4.78, 5) is 0. The molecule has 0 amide bonds. The van der Waals surface area contributed by atoms with E-state index in [-0.39, 0.29) is 0 Å². The summed E-state index contributed by atoms with van der Waals surface area (Å²) in [5.41, 5.74) is 2.96. The first-order valence-corrected chi connectivity index (χ1v) is 9.95. The molecule has 0 bridgehead atoms. The van der Waals surface area contributed by atoms with Gasteiger partial charge in [-0.05, 0) is 87.5 Å². The van der Waals surface area contributed by atoms with Crippen LogP contribution < -0.4 is 0 Å². The Labute approximate surface area is 144 Å². The van der Waals surface area contributed by atoms with Gasteiger partial charge in [-0.2, -0.15) is 0 Å². The fourth-order valence-electron chi connectivity index (χ4n) is 4.61. The Morgan fingerprint density at radius 1 is 0.783 bits per heavy atom. The maximum absolute atomic E-state index is 3.97. The standard InChI is InChI=1S/C21H30.C2H6/c1-3-17-6-10-19(11-7-17)21-14-12-20(13-15-21)18-8-4-16(2)5-9-18;1-2/h3-5,8-9,17,19-21H,1,6-7,10-15H2,2H3;1-2H3. The SMILES string of the molecule is C=CC1CCC(C2CCC(c3ccc(C)cc3)CC2)CC1.CC. The van der Waals surface area contributed by atoms with E-state index < -0.39 is 0 Å². The number of benzene rings is 1. The van der Waals surface area contributed by atoms with E-state index in [0.717, 1.165) is 23.7 Å². The zero-order chi connectivity index (χ0) is 16.7. The lowest BCUT2D eigenvalue weighted by Crippen LogP contribution is -2.25. The molecule has 1 aromatic carbocycles. The van der Waals surface area contributed by atoms with E-state index in [1.807, 2.05) is 13.8 Å². The molecule has 0 atom stereocenters. The molecule has 128 valence electrons. The Morgan fingerprint density at radius 2 is 1.26 bits per heavy atom. The van der Waals surface area contributed by atoms with Gasteiger partial charge in [-0.25, -0.2) is 0 Å². The van der Waals surface area contributed by atoms with E-state index in [9.17, 15) is 0 Å². The minimum Gasteiger partial charge on any atom is -0.103 e. The summed E-state index contributed by atoms with van der Waals surface area (Å²) in [5.74, 6) is 3.66. The summed E-state index contributed by atoms with van der Waals surface area (Å²) in [6.07, 6.45) is 13.6. The number of rotatable bonds is 3. The summed E-state index contributed by atoms with van der Waals surface area (Å²) >= 11 is 0. The molecule has 0 spiro atoms. The Hall–Kier alpha value is -1.04. The van der Waals surface area contributed by atoms with Crippen molar-refractivity contribution in [1.82, 2.24) is 0 Å². The van der Waals surface area contributed by atoms with E-state index >= 15 is 0 Å². The van der Waals surface area contributed by atoms with Crippen LogP contribution in [0, 0.1) is 24.7 Å². The second-order valence-electron chi connectivity index (χ2n) is 7.43. The first-order chi connectivity index (χ1) is 11.3. The van der Waals surface area contributed by atoms with Gasteiger partial charge in [-0.15, -0.1) is 6.58 Å². The third-order valence-electron chi connectivity index (χ3n) is 6.14. The van der Waals surface area contributed by atoms with E-state index in [1.165, 1.54) is 56.9 Å². The lowest BCUT2D eigenvalue weighted by Gasteiger charge is -2.37. The minimum absolute atomic E-state index is 0.810. The molecule has 2 fully saturated rings. The van der Waals surface area contributed by atoms with Crippen LogP contribution in [-0.4, -0.2) is 0 Å². The average molecular weight is 313 g/mol. The molecule has 0 radical (unpaired) electrons. The molecule has 0 N–H and O–H groups in total. The monoisotopic (exact) mass is 312 g/mol. The summed E-state index contributed by atoms with van der Waals surface area (Å²) in [5, 5.41) is 0. The van der Waals surface area contributed by atoms with Crippen LogP contribution in [0.4, 0.5) is 0 Å². The fourth-order valence-corrected chi connectivity index (χ4v) is 4.61. The molecule has 2 aliphatic carbocycles. The molecular formula is C23H36. The smallest absolute Gasteiger partial charge is 0.0162 e.